The molecule has 6 atom stereocenters. The number of ketones is 2. The highest BCUT2D eigenvalue weighted by molar-refractivity contribution is 5.91. The van der Waals surface area contributed by atoms with Gasteiger partial charge in [0.05, 0.1) is 6.61 Å². The maximum absolute atomic E-state index is 12.3. The molecule has 4 aliphatic carbocycles. The van der Waals surface area contributed by atoms with E-state index in [9.17, 15) is 14.7 Å². The Hall–Kier alpha value is -1.00. The van der Waals surface area contributed by atoms with Gasteiger partial charge in [0.25, 0.3) is 0 Å². The predicted molar refractivity (Wildman–Crippen MR) is 98.5 cm³/mol. The summed E-state index contributed by atoms with van der Waals surface area (Å²) in [5, 5.41) is 9.42. The smallest absolute Gasteiger partial charge is 0.161 e. The average Bonchev–Trinajstić information content (AvgIpc) is 2.99. The van der Waals surface area contributed by atoms with Crippen LogP contribution in [0, 0.1) is 34.5 Å². The quantitative estimate of drug-likeness (QED) is 0.835. The van der Waals surface area contributed by atoms with Gasteiger partial charge in [0.1, 0.15) is 6.61 Å². The Morgan fingerprint density at radius 2 is 2.00 bits per heavy atom. The van der Waals surface area contributed by atoms with Gasteiger partial charge in [-0.2, -0.15) is 0 Å². The molecule has 0 spiro atoms. The van der Waals surface area contributed by atoms with Crippen LogP contribution < -0.4 is 0 Å². The van der Waals surface area contributed by atoms with Crippen LogP contribution in [0.4, 0.5) is 0 Å². The first-order chi connectivity index (χ1) is 12.5. The van der Waals surface area contributed by atoms with E-state index in [0.717, 1.165) is 51.6 Å². The van der Waals surface area contributed by atoms with Crippen LogP contribution in [-0.4, -0.2) is 37.0 Å². The molecule has 3 fully saturated rings. The molecule has 0 saturated heterocycles. The van der Waals surface area contributed by atoms with E-state index in [1.54, 1.807) is 7.11 Å². The topological polar surface area (TPSA) is 63.6 Å². The summed E-state index contributed by atoms with van der Waals surface area (Å²) in [5.41, 5.74) is 1.41. The standard InChI is InChI=1S/C22H32O4/c1-21-9-8-18-16(17(21)5-6-19(21)20(25)12-23)4-3-14-11-15(24)7-10-22(14,18)13-26-2/h11,16-19,23H,3-10,12-13H2,1-2H3/t16-,17-,18-,19+,21?,22?/m0/s1. The van der Waals surface area contributed by atoms with Crippen LogP contribution in [0.25, 0.3) is 0 Å². The largest absolute Gasteiger partial charge is 0.389 e. The minimum Gasteiger partial charge on any atom is -0.389 e. The number of hydrogen-bond acceptors (Lipinski definition) is 4. The Balaban J connectivity index is 1.67. The summed E-state index contributed by atoms with van der Waals surface area (Å²) in [6, 6.07) is 0. The molecule has 0 heterocycles. The molecule has 0 amide bonds. The number of aliphatic hydroxyl groups is 1. The summed E-state index contributed by atoms with van der Waals surface area (Å²) in [4.78, 5) is 24.4. The lowest BCUT2D eigenvalue weighted by Gasteiger charge is -2.58. The predicted octanol–water partition coefficient (Wildman–Crippen LogP) is 3.32. The lowest BCUT2D eigenvalue weighted by Crippen LogP contribution is -2.53. The summed E-state index contributed by atoms with van der Waals surface area (Å²) in [7, 11) is 1.78. The number of Topliss-reactive ketones (excluding diaryl/α,β-unsaturated/α-hetero) is 1. The average molecular weight is 360 g/mol. The van der Waals surface area contributed by atoms with Crippen molar-refractivity contribution in [2.75, 3.05) is 20.3 Å². The molecule has 26 heavy (non-hydrogen) atoms. The second kappa shape index (κ2) is 6.56. The van der Waals surface area contributed by atoms with Gasteiger partial charge in [0.2, 0.25) is 0 Å². The molecule has 4 rings (SSSR count). The van der Waals surface area contributed by atoms with E-state index in [4.69, 9.17) is 4.74 Å². The van der Waals surface area contributed by atoms with Gasteiger partial charge < -0.3 is 9.84 Å². The molecule has 4 heteroatoms. The molecule has 4 aliphatic rings. The number of methoxy groups -OCH3 is 1. The molecule has 0 radical (unpaired) electrons. The Morgan fingerprint density at radius 1 is 1.19 bits per heavy atom. The number of hydrogen-bond donors (Lipinski definition) is 1. The van der Waals surface area contributed by atoms with Crippen molar-refractivity contribution in [1.82, 2.24) is 0 Å². The summed E-state index contributed by atoms with van der Waals surface area (Å²) in [6.45, 7) is 2.71. The zero-order valence-corrected chi connectivity index (χ0v) is 16.1. The molecule has 3 saturated carbocycles. The number of ether oxygens (including phenoxy) is 1. The molecule has 0 bridgehead atoms. The van der Waals surface area contributed by atoms with Crippen LogP contribution in [0.5, 0.6) is 0 Å². The van der Waals surface area contributed by atoms with Crippen LogP contribution in [0.15, 0.2) is 11.6 Å². The van der Waals surface area contributed by atoms with Crippen molar-refractivity contribution >= 4 is 11.6 Å². The normalized spacial score (nSPS) is 44.7. The van der Waals surface area contributed by atoms with Crippen molar-refractivity contribution in [2.24, 2.45) is 34.5 Å². The number of fused-ring (bicyclic) bond motifs is 5. The third-order valence-corrected chi connectivity index (χ3v) is 8.63. The molecule has 0 aromatic rings. The summed E-state index contributed by atoms with van der Waals surface area (Å²) < 4.78 is 5.70. The van der Waals surface area contributed by atoms with Gasteiger partial charge in [-0.05, 0) is 74.2 Å². The van der Waals surface area contributed by atoms with Crippen LogP contribution in [-0.2, 0) is 14.3 Å². The molecular formula is C22H32O4. The Labute approximate surface area is 156 Å². The summed E-state index contributed by atoms with van der Waals surface area (Å²) >= 11 is 0. The lowest BCUT2D eigenvalue weighted by atomic mass is 9.46. The van der Waals surface area contributed by atoms with Gasteiger partial charge in [0, 0.05) is 24.9 Å². The first-order valence-corrected chi connectivity index (χ1v) is 10.3. The van der Waals surface area contributed by atoms with E-state index < -0.39 is 0 Å². The fourth-order valence-electron chi connectivity index (χ4n) is 7.53. The Bertz CT molecular complexity index is 638. The van der Waals surface area contributed by atoms with Gasteiger partial charge in [-0.1, -0.05) is 12.5 Å². The minimum absolute atomic E-state index is 0.0293. The lowest BCUT2D eigenvalue weighted by molar-refractivity contribution is -0.134. The number of rotatable bonds is 4. The Kier molecular flexibility index (Phi) is 4.63. The van der Waals surface area contributed by atoms with Crippen LogP contribution >= 0.6 is 0 Å². The molecular weight excluding hydrogens is 328 g/mol. The summed E-state index contributed by atoms with van der Waals surface area (Å²) in [5.74, 6) is 2.10. The third kappa shape index (κ3) is 2.48. The summed E-state index contributed by atoms with van der Waals surface area (Å²) in [6.07, 6.45) is 9.84. The van der Waals surface area contributed by atoms with Crippen molar-refractivity contribution < 1.29 is 19.4 Å². The van der Waals surface area contributed by atoms with Crippen LogP contribution in [0.2, 0.25) is 0 Å². The maximum atomic E-state index is 12.3. The van der Waals surface area contributed by atoms with Crippen molar-refractivity contribution in [3.8, 4) is 0 Å². The van der Waals surface area contributed by atoms with Crippen molar-refractivity contribution in [3.63, 3.8) is 0 Å². The number of aliphatic hydroxyl groups excluding tert-OH is 1. The molecule has 0 aliphatic heterocycles. The fraction of sp³-hybridized carbons (Fsp3) is 0.818. The molecule has 0 aromatic heterocycles. The van der Waals surface area contributed by atoms with Crippen LogP contribution in [0.1, 0.15) is 58.3 Å². The first-order valence-electron chi connectivity index (χ1n) is 10.3. The third-order valence-electron chi connectivity index (χ3n) is 8.63. The van der Waals surface area contributed by atoms with Crippen molar-refractivity contribution in [3.05, 3.63) is 11.6 Å². The van der Waals surface area contributed by atoms with Crippen molar-refractivity contribution in [2.45, 2.75) is 58.3 Å². The zero-order valence-electron chi connectivity index (χ0n) is 16.1. The minimum atomic E-state index is -0.316. The SMILES string of the molecule is COCC12CCC(=O)C=C1CC[C@@H]1[C@@H]2CCC2(C)[C@@H](C(=O)CO)CC[C@@H]12. The van der Waals surface area contributed by atoms with Gasteiger partial charge in [0.15, 0.2) is 11.6 Å². The fourth-order valence-corrected chi connectivity index (χ4v) is 7.53. The van der Waals surface area contributed by atoms with Gasteiger partial charge in [-0.3, -0.25) is 9.59 Å². The molecule has 144 valence electrons. The van der Waals surface area contributed by atoms with E-state index >= 15 is 0 Å². The zero-order chi connectivity index (χ0) is 18.5. The van der Waals surface area contributed by atoms with Gasteiger partial charge in [-0.15, -0.1) is 0 Å². The van der Waals surface area contributed by atoms with E-state index in [1.165, 1.54) is 5.57 Å². The van der Waals surface area contributed by atoms with Gasteiger partial charge in [-0.25, -0.2) is 0 Å². The molecule has 1 N–H and O–H groups in total. The van der Waals surface area contributed by atoms with E-state index in [2.05, 4.69) is 6.92 Å². The molecule has 4 nitrogen and oxygen atoms in total. The highest BCUT2D eigenvalue weighted by Crippen LogP contribution is 2.66. The Morgan fingerprint density at radius 3 is 2.73 bits per heavy atom. The highest BCUT2D eigenvalue weighted by atomic mass is 16.5. The number of carbonyl (C=O) groups is 2. The molecule has 2 unspecified atom stereocenters. The second-order valence-electron chi connectivity index (χ2n) is 9.44. The van der Waals surface area contributed by atoms with Gasteiger partial charge >= 0.3 is 0 Å². The van der Waals surface area contributed by atoms with Crippen LogP contribution in [0.3, 0.4) is 0 Å². The second-order valence-corrected chi connectivity index (χ2v) is 9.44. The molecule has 0 aromatic carbocycles. The monoisotopic (exact) mass is 360 g/mol. The maximum Gasteiger partial charge on any atom is 0.161 e. The van der Waals surface area contributed by atoms with E-state index in [1.807, 2.05) is 6.08 Å². The van der Waals surface area contributed by atoms with E-state index in [-0.39, 0.29) is 34.9 Å². The highest BCUT2D eigenvalue weighted by Gasteiger charge is 2.61. The van der Waals surface area contributed by atoms with Crippen molar-refractivity contribution in [1.29, 1.82) is 0 Å². The van der Waals surface area contributed by atoms with E-state index in [0.29, 0.717) is 24.2 Å². The first kappa shape index (κ1) is 18.4. The number of carbonyl (C=O) groups excluding carboxylic acids is 2.